The molecule has 0 radical (unpaired) electrons. The first kappa shape index (κ1) is 21.5. The first-order valence-corrected chi connectivity index (χ1v) is 11.0. The lowest BCUT2D eigenvalue weighted by atomic mass is 10.0. The molecule has 0 saturated carbocycles. The van der Waals surface area contributed by atoms with Gasteiger partial charge in [-0.2, -0.15) is 4.99 Å². The molecule has 1 saturated heterocycles. The van der Waals surface area contributed by atoms with Gasteiger partial charge in [0.05, 0.1) is 5.69 Å². The third kappa shape index (κ3) is 5.64. The van der Waals surface area contributed by atoms with E-state index in [4.69, 9.17) is 9.98 Å². The summed E-state index contributed by atoms with van der Waals surface area (Å²) in [6.45, 7) is 8.94. The Morgan fingerprint density at radius 1 is 1.21 bits per heavy atom. The van der Waals surface area contributed by atoms with Gasteiger partial charge in [0.15, 0.2) is 0 Å². The van der Waals surface area contributed by atoms with Crippen LogP contribution in [-0.2, 0) is 0 Å². The van der Waals surface area contributed by atoms with Crippen molar-refractivity contribution in [1.82, 2.24) is 20.0 Å². The van der Waals surface area contributed by atoms with E-state index >= 15 is 0 Å². The van der Waals surface area contributed by atoms with Crippen LogP contribution in [0.4, 0.5) is 5.69 Å². The number of fused-ring (bicyclic) bond motifs is 1. The third-order valence-corrected chi connectivity index (χ3v) is 6.32. The fourth-order valence-corrected chi connectivity index (χ4v) is 3.81. The number of nitrogens with one attached hydrogen (secondary N) is 1. The second-order valence-electron chi connectivity index (χ2n) is 7.86. The predicted molar refractivity (Wildman–Crippen MR) is 127 cm³/mol. The van der Waals surface area contributed by atoms with E-state index < -0.39 is 0 Å². The van der Waals surface area contributed by atoms with Gasteiger partial charge in [0, 0.05) is 54.0 Å². The summed E-state index contributed by atoms with van der Waals surface area (Å²) in [4.78, 5) is 16.5. The van der Waals surface area contributed by atoms with Crippen molar-refractivity contribution in [3.63, 3.8) is 0 Å². The van der Waals surface area contributed by atoms with Gasteiger partial charge in [-0.25, -0.2) is 4.99 Å². The van der Waals surface area contributed by atoms with Crippen molar-refractivity contribution in [3.05, 3.63) is 26.8 Å². The number of aliphatic imine (C=N–C) groups is 2. The van der Waals surface area contributed by atoms with E-state index in [9.17, 15) is 0 Å². The zero-order chi connectivity index (χ0) is 20.1. The maximum absolute atomic E-state index is 4.97. The molecule has 6 nitrogen and oxygen atoms in total. The van der Waals surface area contributed by atoms with E-state index in [2.05, 4.69) is 88.7 Å². The van der Waals surface area contributed by atoms with Gasteiger partial charge in [0.2, 0.25) is 5.96 Å². The summed E-state index contributed by atoms with van der Waals surface area (Å²) in [5.74, 6) is 4.12. The number of hydrogen-bond donors (Lipinski definition) is 1. The molecule has 152 valence electrons. The van der Waals surface area contributed by atoms with Crippen molar-refractivity contribution in [2.24, 2.45) is 9.98 Å². The molecule has 1 N–H and O–H groups in total. The molecule has 2 heterocycles. The quantitative estimate of drug-likeness (QED) is 0.505. The smallest absolute Gasteiger partial charge is 0.234 e. The number of halogens is 1. The molecule has 0 atom stereocenters. The minimum Gasteiger partial charge on any atom is -0.339 e. The summed E-state index contributed by atoms with van der Waals surface area (Å²) in [5, 5.41) is 3.53. The van der Waals surface area contributed by atoms with E-state index in [0.29, 0.717) is 0 Å². The zero-order valence-corrected chi connectivity index (χ0v) is 19.6. The Morgan fingerprint density at radius 2 is 2.04 bits per heavy atom. The molecular formula is C21H31IN6. The minimum atomic E-state index is 0.746. The summed E-state index contributed by atoms with van der Waals surface area (Å²) < 4.78 is 1.23. The molecule has 2 aliphatic rings. The molecule has 7 heteroatoms. The van der Waals surface area contributed by atoms with Crippen LogP contribution in [0.25, 0.3) is 5.57 Å². The lowest BCUT2D eigenvalue weighted by Crippen LogP contribution is -2.33. The largest absolute Gasteiger partial charge is 0.339 e. The Bertz CT molecular complexity index is 794. The maximum atomic E-state index is 4.97. The Kier molecular flexibility index (Phi) is 7.65. The Labute approximate surface area is 182 Å². The van der Waals surface area contributed by atoms with Crippen LogP contribution in [0.1, 0.15) is 17.5 Å². The average Bonchev–Trinajstić information content (AvgIpc) is 2.96. The van der Waals surface area contributed by atoms with E-state index in [-0.39, 0.29) is 0 Å². The first-order chi connectivity index (χ1) is 13.4. The number of aryl methyl sites for hydroxylation is 1. The van der Waals surface area contributed by atoms with E-state index in [1.54, 1.807) is 0 Å². The van der Waals surface area contributed by atoms with Gasteiger partial charge in [-0.1, -0.05) is 0 Å². The maximum Gasteiger partial charge on any atom is 0.234 e. The van der Waals surface area contributed by atoms with Crippen molar-refractivity contribution in [2.45, 2.75) is 13.3 Å². The average molecular weight is 494 g/mol. The minimum absolute atomic E-state index is 0.746. The van der Waals surface area contributed by atoms with E-state index in [1.807, 2.05) is 0 Å². The first-order valence-electron chi connectivity index (χ1n) is 9.95. The van der Waals surface area contributed by atoms with Gasteiger partial charge >= 0.3 is 0 Å². The van der Waals surface area contributed by atoms with Gasteiger partial charge in [-0.05, 0) is 87.2 Å². The molecule has 28 heavy (non-hydrogen) atoms. The zero-order valence-electron chi connectivity index (χ0n) is 17.4. The van der Waals surface area contributed by atoms with Crippen LogP contribution >= 0.6 is 22.6 Å². The van der Waals surface area contributed by atoms with Gasteiger partial charge in [0.1, 0.15) is 0 Å². The second kappa shape index (κ2) is 9.98. The fourth-order valence-electron chi connectivity index (χ4n) is 3.35. The Morgan fingerprint density at radius 3 is 2.82 bits per heavy atom. The van der Waals surface area contributed by atoms with Crippen molar-refractivity contribution >= 4 is 45.7 Å². The SMILES string of the molecule is Cc1cc2c(cc1I)N=C(N1CCCN(C)CC1)N=C=C2CNCCN(C)C. The van der Waals surface area contributed by atoms with Crippen molar-refractivity contribution < 1.29 is 0 Å². The highest BCUT2D eigenvalue weighted by Gasteiger charge is 2.19. The molecule has 0 bridgehead atoms. The van der Waals surface area contributed by atoms with Crippen molar-refractivity contribution in [2.75, 3.05) is 67.0 Å². The van der Waals surface area contributed by atoms with Crippen LogP contribution in [0.3, 0.4) is 0 Å². The summed E-state index contributed by atoms with van der Waals surface area (Å²) in [6, 6.07) is 4.41. The summed E-state index contributed by atoms with van der Waals surface area (Å²) in [5.41, 5.74) is 4.49. The van der Waals surface area contributed by atoms with Crippen LogP contribution in [0.5, 0.6) is 0 Å². The lowest BCUT2D eigenvalue weighted by molar-refractivity contribution is 0.346. The third-order valence-electron chi connectivity index (χ3n) is 5.15. The summed E-state index contributed by atoms with van der Waals surface area (Å²) in [7, 11) is 6.36. The van der Waals surface area contributed by atoms with E-state index in [1.165, 1.54) is 9.13 Å². The normalized spacial score (nSPS) is 17.9. The molecule has 0 aromatic heterocycles. The highest BCUT2D eigenvalue weighted by atomic mass is 127. The van der Waals surface area contributed by atoms with E-state index in [0.717, 1.165) is 75.0 Å². The number of benzene rings is 1. The highest BCUT2D eigenvalue weighted by Crippen LogP contribution is 2.31. The van der Waals surface area contributed by atoms with Gasteiger partial charge in [-0.3, -0.25) is 0 Å². The number of likely N-dealkylation sites (N-methyl/N-ethyl adjacent to an activating group) is 2. The monoisotopic (exact) mass is 494 g/mol. The fraction of sp³-hybridized carbons (Fsp3) is 0.571. The Balaban J connectivity index is 1.89. The van der Waals surface area contributed by atoms with Gasteiger partial charge in [-0.15, -0.1) is 0 Å². The lowest BCUT2D eigenvalue weighted by Gasteiger charge is -2.20. The molecule has 0 amide bonds. The molecular weight excluding hydrogens is 463 g/mol. The molecule has 0 aliphatic carbocycles. The van der Waals surface area contributed by atoms with Gasteiger partial charge in [0.25, 0.3) is 0 Å². The number of guanidine groups is 1. The summed E-state index contributed by atoms with van der Waals surface area (Å²) >= 11 is 2.39. The topological polar surface area (TPSA) is 46.5 Å². The number of hydrogen-bond acceptors (Lipinski definition) is 6. The van der Waals surface area contributed by atoms with Crippen molar-refractivity contribution in [3.8, 4) is 0 Å². The molecule has 2 aliphatic heterocycles. The standard InChI is InChI=1S/C21H31IN6/c1-16-12-18-17(14-23-6-9-26(2)3)15-24-21(25-20(18)13-19(16)22)28-8-5-7-27(4)10-11-28/h12-13,23H,5-11,14H2,1-4H3. The van der Waals surface area contributed by atoms with Crippen LogP contribution in [0.2, 0.25) is 0 Å². The number of nitrogens with zero attached hydrogens (tertiary/aromatic N) is 5. The summed E-state index contributed by atoms with van der Waals surface area (Å²) in [6.07, 6.45) is 1.13. The van der Waals surface area contributed by atoms with Crippen molar-refractivity contribution in [1.29, 1.82) is 0 Å². The number of rotatable bonds is 5. The molecule has 1 aromatic carbocycles. The predicted octanol–water partition coefficient (Wildman–Crippen LogP) is 2.44. The molecule has 1 fully saturated rings. The molecule has 0 unspecified atom stereocenters. The van der Waals surface area contributed by atoms with Crippen LogP contribution < -0.4 is 5.32 Å². The van der Waals surface area contributed by atoms with Crippen LogP contribution in [0, 0.1) is 10.5 Å². The molecule has 0 spiro atoms. The molecule has 3 rings (SSSR count). The molecule has 1 aromatic rings. The second-order valence-corrected chi connectivity index (χ2v) is 9.02. The van der Waals surface area contributed by atoms with Crippen LogP contribution in [-0.4, -0.2) is 93.5 Å². The highest BCUT2D eigenvalue weighted by molar-refractivity contribution is 14.1. The van der Waals surface area contributed by atoms with Crippen LogP contribution in [0.15, 0.2) is 22.1 Å². The Hall–Kier alpha value is -1.25. The van der Waals surface area contributed by atoms with Gasteiger partial charge < -0.3 is 20.0 Å².